The Morgan fingerprint density at radius 2 is 1.04 bits per heavy atom. The van der Waals surface area contributed by atoms with Gasteiger partial charge in [-0.05, 0) is 23.5 Å². The van der Waals surface area contributed by atoms with E-state index in [1.807, 2.05) is 47.8 Å². The SMILES string of the molecule is C=C[Si](C)(OCCO[Si](C)(C=C)c1ccccc1)c1ccccc1. The summed E-state index contributed by atoms with van der Waals surface area (Å²) < 4.78 is 12.4. The molecule has 2 aromatic carbocycles. The van der Waals surface area contributed by atoms with E-state index in [4.69, 9.17) is 8.85 Å². The second kappa shape index (κ2) is 8.39. The predicted octanol–water partition coefficient (Wildman–Crippen LogP) is 3.44. The first-order valence-electron chi connectivity index (χ1n) is 8.20. The number of hydrogen-bond donors (Lipinski definition) is 0. The van der Waals surface area contributed by atoms with Crippen LogP contribution in [0.5, 0.6) is 0 Å². The molecule has 0 aliphatic rings. The monoisotopic (exact) mass is 354 g/mol. The second-order valence-electron chi connectivity index (χ2n) is 6.05. The maximum absolute atomic E-state index is 6.22. The maximum atomic E-state index is 6.22. The minimum absolute atomic E-state index is 0.562. The normalized spacial score (nSPS) is 15.9. The van der Waals surface area contributed by atoms with Crippen molar-refractivity contribution in [2.75, 3.05) is 13.2 Å². The summed E-state index contributed by atoms with van der Waals surface area (Å²) in [6, 6.07) is 20.7. The van der Waals surface area contributed by atoms with Gasteiger partial charge in [-0.15, -0.1) is 13.2 Å². The fraction of sp³-hybridized carbons (Fsp3) is 0.200. The van der Waals surface area contributed by atoms with Crippen molar-refractivity contribution in [3.05, 3.63) is 85.2 Å². The molecule has 2 nitrogen and oxygen atoms in total. The molecule has 0 bridgehead atoms. The van der Waals surface area contributed by atoms with Crippen LogP contribution in [0.4, 0.5) is 0 Å². The first-order chi connectivity index (χ1) is 11.5. The molecule has 2 aromatic rings. The van der Waals surface area contributed by atoms with Gasteiger partial charge in [-0.3, -0.25) is 0 Å². The minimum Gasteiger partial charge on any atom is -0.406 e. The predicted molar refractivity (Wildman–Crippen MR) is 108 cm³/mol. The average molecular weight is 355 g/mol. The van der Waals surface area contributed by atoms with Crippen molar-refractivity contribution in [3.8, 4) is 0 Å². The van der Waals surface area contributed by atoms with Crippen LogP contribution in [0.1, 0.15) is 0 Å². The van der Waals surface area contributed by atoms with E-state index in [9.17, 15) is 0 Å². The summed E-state index contributed by atoms with van der Waals surface area (Å²) in [7, 11) is -4.22. The van der Waals surface area contributed by atoms with Gasteiger partial charge >= 0.3 is 0 Å². The zero-order chi connectivity index (χ0) is 17.5. The van der Waals surface area contributed by atoms with Crippen molar-refractivity contribution in [1.82, 2.24) is 0 Å². The minimum atomic E-state index is -2.11. The van der Waals surface area contributed by atoms with Crippen LogP contribution in [0, 0.1) is 0 Å². The van der Waals surface area contributed by atoms with Gasteiger partial charge in [0.1, 0.15) is 0 Å². The molecular weight excluding hydrogens is 328 g/mol. The smallest absolute Gasteiger partial charge is 0.245 e. The lowest BCUT2D eigenvalue weighted by Crippen LogP contribution is -2.49. The Bertz CT molecular complexity index is 600. The van der Waals surface area contributed by atoms with Crippen molar-refractivity contribution in [3.63, 3.8) is 0 Å². The zero-order valence-corrected chi connectivity index (χ0v) is 16.6. The van der Waals surface area contributed by atoms with Gasteiger partial charge in [0.2, 0.25) is 16.6 Å². The molecule has 2 unspecified atom stereocenters. The molecule has 0 aliphatic heterocycles. The molecule has 0 aliphatic carbocycles. The van der Waals surface area contributed by atoms with Crippen LogP contribution in [-0.2, 0) is 8.85 Å². The molecule has 0 fully saturated rings. The third-order valence-electron chi connectivity index (χ3n) is 4.36. The standard InChI is InChI=1S/C20H26O2Si2/c1-5-23(3,19-13-9-7-10-14-19)21-17-18-22-24(4,6-2)20-15-11-8-12-16-20/h5-16H,1-2,17-18H2,3-4H3. The van der Waals surface area contributed by atoms with Crippen LogP contribution >= 0.6 is 0 Å². The Balaban J connectivity index is 1.96. The van der Waals surface area contributed by atoms with Crippen LogP contribution in [0.25, 0.3) is 0 Å². The molecule has 0 spiro atoms. The van der Waals surface area contributed by atoms with Gasteiger partial charge in [0, 0.05) is 0 Å². The molecule has 24 heavy (non-hydrogen) atoms. The van der Waals surface area contributed by atoms with Gasteiger partial charge in [0.15, 0.2) is 0 Å². The lowest BCUT2D eigenvalue weighted by atomic mass is 10.4. The van der Waals surface area contributed by atoms with Crippen LogP contribution < -0.4 is 10.4 Å². The molecule has 4 heteroatoms. The van der Waals surface area contributed by atoms with E-state index in [1.165, 1.54) is 10.4 Å². The molecule has 0 aromatic heterocycles. The summed E-state index contributed by atoms with van der Waals surface area (Å²) in [6.07, 6.45) is 0. The van der Waals surface area contributed by atoms with Crippen LogP contribution in [0.3, 0.4) is 0 Å². The summed E-state index contributed by atoms with van der Waals surface area (Å²) in [5, 5.41) is 2.46. The highest BCUT2D eigenvalue weighted by Crippen LogP contribution is 2.10. The molecule has 0 radical (unpaired) electrons. The molecule has 0 saturated carbocycles. The molecule has 0 N–H and O–H groups in total. The average Bonchev–Trinajstić information content (AvgIpc) is 2.66. The van der Waals surface area contributed by atoms with Crippen molar-refractivity contribution >= 4 is 27.0 Å². The highest BCUT2D eigenvalue weighted by molar-refractivity contribution is 6.90. The Labute approximate surface area is 147 Å². The quantitative estimate of drug-likeness (QED) is 0.507. The molecule has 2 rings (SSSR count). The largest absolute Gasteiger partial charge is 0.406 e. The van der Waals surface area contributed by atoms with Gasteiger partial charge in [-0.25, -0.2) is 0 Å². The molecule has 2 atom stereocenters. The summed E-state index contributed by atoms with van der Waals surface area (Å²) >= 11 is 0. The van der Waals surface area contributed by atoms with Crippen molar-refractivity contribution in [2.24, 2.45) is 0 Å². The van der Waals surface area contributed by atoms with Crippen molar-refractivity contribution in [1.29, 1.82) is 0 Å². The fourth-order valence-corrected chi connectivity index (χ4v) is 6.33. The Morgan fingerprint density at radius 3 is 1.33 bits per heavy atom. The van der Waals surface area contributed by atoms with E-state index in [2.05, 4.69) is 50.5 Å². The van der Waals surface area contributed by atoms with Crippen LogP contribution in [0.15, 0.2) is 85.2 Å². The highest BCUT2D eigenvalue weighted by atomic mass is 28.4. The number of hydrogen-bond acceptors (Lipinski definition) is 2. The maximum Gasteiger partial charge on any atom is 0.245 e. The van der Waals surface area contributed by atoms with Gasteiger partial charge in [-0.1, -0.05) is 72.1 Å². The van der Waals surface area contributed by atoms with Gasteiger partial charge in [-0.2, -0.15) is 0 Å². The highest BCUT2D eigenvalue weighted by Gasteiger charge is 2.30. The van der Waals surface area contributed by atoms with Crippen molar-refractivity contribution < 1.29 is 8.85 Å². The van der Waals surface area contributed by atoms with Crippen molar-refractivity contribution in [2.45, 2.75) is 13.1 Å². The summed E-state index contributed by atoms with van der Waals surface area (Å²) in [5.74, 6) is 0. The first kappa shape index (κ1) is 18.6. The number of benzene rings is 2. The molecular formula is C20H26O2Si2. The van der Waals surface area contributed by atoms with E-state index < -0.39 is 16.6 Å². The fourth-order valence-electron chi connectivity index (χ4n) is 2.57. The van der Waals surface area contributed by atoms with E-state index in [0.29, 0.717) is 13.2 Å². The Kier molecular flexibility index (Phi) is 6.51. The Hall–Kier alpha value is -1.73. The summed E-state index contributed by atoms with van der Waals surface area (Å²) in [6.45, 7) is 13.4. The summed E-state index contributed by atoms with van der Waals surface area (Å²) in [5.41, 5.74) is 3.95. The Morgan fingerprint density at radius 1 is 0.708 bits per heavy atom. The van der Waals surface area contributed by atoms with Gasteiger partial charge in [0.05, 0.1) is 13.2 Å². The molecule has 0 saturated heterocycles. The topological polar surface area (TPSA) is 18.5 Å². The second-order valence-corrected chi connectivity index (χ2v) is 13.0. The lowest BCUT2D eigenvalue weighted by molar-refractivity contribution is 0.215. The van der Waals surface area contributed by atoms with Gasteiger partial charge < -0.3 is 8.85 Å². The van der Waals surface area contributed by atoms with E-state index in [1.54, 1.807) is 0 Å². The van der Waals surface area contributed by atoms with Crippen LogP contribution in [-0.4, -0.2) is 29.8 Å². The zero-order valence-electron chi connectivity index (χ0n) is 14.6. The molecule has 0 heterocycles. The third-order valence-corrected chi connectivity index (χ3v) is 10.5. The first-order valence-corrected chi connectivity index (χ1v) is 13.2. The number of rotatable bonds is 9. The lowest BCUT2D eigenvalue weighted by Gasteiger charge is -2.27. The van der Waals surface area contributed by atoms with Crippen LogP contribution in [0.2, 0.25) is 13.1 Å². The van der Waals surface area contributed by atoms with E-state index in [0.717, 1.165) is 0 Å². The third kappa shape index (κ3) is 4.42. The summed E-state index contributed by atoms with van der Waals surface area (Å²) in [4.78, 5) is 0. The molecule has 126 valence electrons. The van der Waals surface area contributed by atoms with E-state index in [-0.39, 0.29) is 0 Å². The van der Waals surface area contributed by atoms with E-state index >= 15 is 0 Å². The van der Waals surface area contributed by atoms with Gasteiger partial charge in [0.25, 0.3) is 0 Å². The molecule has 0 amide bonds.